The molecule has 2 amide bonds. The van der Waals surface area contributed by atoms with Gasteiger partial charge in [-0.2, -0.15) is 0 Å². The lowest BCUT2D eigenvalue weighted by atomic mass is 9.74. The number of aliphatic hydroxyl groups excluding tert-OH is 1. The monoisotopic (exact) mass is 510 g/mol. The Morgan fingerprint density at radius 2 is 1.83 bits per heavy atom. The molecular weight excluding hydrogens is 476 g/mol. The fourth-order valence-corrected chi connectivity index (χ4v) is 8.54. The van der Waals surface area contributed by atoms with Crippen molar-refractivity contribution in [1.82, 2.24) is 9.80 Å². The van der Waals surface area contributed by atoms with Crippen LogP contribution >= 0.6 is 11.8 Å². The molecule has 1 spiro atoms. The zero-order valence-electron chi connectivity index (χ0n) is 21.0. The van der Waals surface area contributed by atoms with E-state index < -0.39 is 33.4 Å². The number of hydrogen-bond acceptors (Lipinski definition) is 6. The van der Waals surface area contributed by atoms with Gasteiger partial charge in [-0.3, -0.25) is 14.4 Å². The molecule has 0 aromatic heterocycles. The Balaban J connectivity index is 1.64. The summed E-state index contributed by atoms with van der Waals surface area (Å²) in [5, 5.41) is 10.4. The van der Waals surface area contributed by atoms with E-state index in [-0.39, 0.29) is 36.9 Å². The highest BCUT2D eigenvalue weighted by molar-refractivity contribution is 8.02. The number of esters is 1. The second-order valence-electron chi connectivity index (χ2n) is 10.7. The second kappa shape index (κ2) is 9.38. The summed E-state index contributed by atoms with van der Waals surface area (Å²) in [4.78, 5) is 45.4. The lowest BCUT2D eigenvalue weighted by Gasteiger charge is -2.41. The molecule has 1 aromatic rings. The van der Waals surface area contributed by atoms with Crippen LogP contribution in [0, 0.1) is 17.8 Å². The van der Waals surface area contributed by atoms with Crippen molar-refractivity contribution in [2.24, 2.45) is 17.8 Å². The van der Waals surface area contributed by atoms with Crippen LogP contribution < -0.4 is 0 Å². The summed E-state index contributed by atoms with van der Waals surface area (Å²) in [6.07, 6.45) is 8.63. The SMILES string of the molecule is CC(C)[C@H](CO)N1C(=O)[C@@H]2[C@H]3C(=O)OCCC=C[C@@]3(C)S[C@@]23C=CCN(Cc2ccccc2)C(=O)C13. The maximum atomic E-state index is 14.4. The number of amides is 2. The third-order valence-electron chi connectivity index (χ3n) is 8.07. The van der Waals surface area contributed by atoms with Gasteiger partial charge in [0.1, 0.15) is 6.04 Å². The van der Waals surface area contributed by atoms with Crippen molar-refractivity contribution in [2.45, 2.75) is 55.3 Å². The van der Waals surface area contributed by atoms with Crippen LogP contribution in [0.5, 0.6) is 0 Å². The Bertz CT molecular complexity index is 1100. The first-order valence-electron chi connectivity index (χ1n) is 12.7. The molecule has 8 heteroatoms. The average Bonchev–Trinajstić information content (AvgIpc) is 3.16. The highest BCUT2D eigenvalue weighted by atomic mass is 32.2. The Morgan fingerprint density at radius 1 is 1.08 bits per heavy atom. The van der Waals surface area contributed by atoms with Crippen LogP contribution in [0.4, 0.5) is 0 Å². The van der Waals surface area contributed by atoms with Crippen molar-refractivity contribution in [2.75, 3.05) is 19.8 Å². The van der Waals surface area contributed by atoms with E-state index in [0.29, 0.717) is 19.5 Å². The predicted molar refractivity (Wildman–Crippen MR) is 138 cm³/mol. The van der Waals surface area contributed by atoms with E-state index in [4.69, 9.17) is 4.74 Å². The van der Waals surface area contributed by atoms with E-state index in [1.807, 2.05) is 75.4 Å². The first-order valence-corrected chi connectivity index (χ1v) is 13.5. The minimum atomic E-state index is -0.935. The number of fused-ring (bicyclic) bond motifs is 2. The van der Waals surface area contributed by atoms with E-state index in [2.05, 4.69) is 0 Å². The van der Waals surface area contributed by atoms with Crippen LogP contribution in [-0.2, 0) is 25.7 Å². The molecule has 2 saturated heterocycles. The Hall–Kier alpha value is -2.58. The van der Waals surface area contributed by atoms with Gasteiger partial charge in [0.25, 0.3) is 0 Å². The van der Waals surface area contributed by atoms with Gasteiger partial charge in [0.15, 0.2) is 0 Å². The molecule has 1 N–H and O–H groups in total. The number of benzene rings is 1. The highest BCUT2D eigenvalue weighted by Crippen LogP contribution is 2.65. The normalized spacial score (nSPS) is 34.6. The zero-order chi connectivity index (χ0) is 25.7. The molecular formula is C28H34N2O5S. The minimum absolute atomic E-state index is 0.0713. The Morgan fingerprint density at radius 3 is 2.53 bits per heavy atom. The third kappa shape index (κ3) is 3.80. The first-order chi connectivity index (χ1) is 17.2. The number of ether oxygens (including phenoxy) is 1. The lowest BCUT2D eigenvalue weighted by molar-refractivity contribution is -0.155. The number of likely N-dealkylation sites (tertiary alicyclic amines) is 1. The van der Waals surface area contributed by atoms with E-state index in [0.717, 1.165) is 5.56 Å². The van der Waals surface area contributed by atoms with Crippen LogP contribution in [0.1, 0.15) is 32.8 Å². The highest BCUT2D eigenvalue weighted by Gasteiger charge is 2.74. The van der Waals surface area contributed by atoms with Gasteiger partial charge >= 0.3 is 5.97 Å². The molecule has 0 saturated carbocycles. The number of nitrogens with zero attached hydrogens (tertiary/aromatic N) is 2. The number of carbonyl (C=O) groups excluding carboxylic acids is 3. The van der Waals surface area contributed by atoms with E-state index in [1.165, 1.54) is 11.8 Å². The summed E-state index contributed by atoms with van der Waals surface area (Å²) in [5.74, 6) is -2.33. The smallest absolute Gasteiger partial charge is 0.311 e. The van der Waals surface area contributed by atoms with Crippen LogP contribution in [-0.4, -0.2) is 74.0 Å². The molecule has 1 unspecified atom stereocenters. The van der Waals surface area contributed by atoms with Crippen molar-refractivity contribution < 1.29 is 24.2 Å². The van der Waals surface area contributed by atoms with Crippen LogP contribution in [0.25, 0.3) is 0 Å². The van der Waals surface area contributed by atoms with Crippen molar-refractivity contribution >= 4 is 29.5 Å². The van der Waals surface area contributed by atoms with Gasteiger partial charge in [-0.15, -0.1) is 11.8 Å². The molecule has 0 radical (unpaired) electrons. The average molecular weight is 511 g/mol. The van der Waals surface area contributed by atoms with Crippen molar-refractivity contribution in [1.29, 1.82) is 0 Å². The maximum Gasteiger partial charge on any atom is 0.311 e. The summed E-state index contributed by atoms with van der Waals surface area (Å²) in [7, 11) is 0. The van der Waals surface area contributed by atoms with E-state index in [9.17, 15) is 19.5 Å². The van der Waals surface area contributed by atoms with Gasteiger partial charge in [-0.25, -0.2) is 0 Å². The number of aliphatic hydroxyl groups is 1. The number of cyclic esters (lactones) is 1. The van der Waals surface area contributed by atoms with Gasteiger partial charge in [0, 0.05) is 17.8 Å². The summed E-state index contributed by atoms with van der Waals surface area (Å²) in [6.45, 7) is 6.71. The van der Waals surface area contributed by atoms with E-state index in [1.54, 1.807) is 9.80 Å². The molecule has 1 aromatic carbocycles. The summed E-state index contributed by atoms with van der Waals surface area (Å²) in [5.41, 5.74) is 1.00. The summed E-state index contributed by atoms with van der Waals surface area (Å²) >= 11 is 1.53. The number of carbonyl (C=O) groups is 3. The minimum Gasteiger partial charge on any atom is -0.465 e. The fraction of sp³-hybridized carbons (Fsp3) is 0.536. The number of hydrogen-bond donors (Lipinski definition) is 1. The maximum absolute atomic E-state index is 14.4. The molecule has 4 heterocycles. The van der Waals surface area contributed by atoms with Gasteiger partial charge in [-0.1, -0.05) is 68.5 Å². The standard InChI is InChI=1S/C28H34N2O5S/c1-18(2)20(17-31)30-23-25(33)29(16-19-10-5-4-6-11-19)14-9-13-28(23)21(24(30)32)22-26(34)35-15-8-7-12-27(22,3)36-28/h4-7,9-13,18,20-23,31H,8,14-17H2,1-3H3/t20-,21-,22-,23?,27+,28-/m0/s1. The molecule has 0 aliphatic carbocycles. The van der Waals surface area contributed by atoms with Gasteiger partial charge in [-0.05, 0) is 24.8 Å². The number of thioether (sulfide) groups is 1. The van der Waals surface area contributed by atoms with Gasteiger partial charge in [0.05, 0.1) is 35.8 Å². The molecule has 5 rings (SSSR count). The molecule has 7 nitrogen and oxygen atoms in total. The molecule has 4 aliphatic rings. The zero-order valence-corrected chi connectivity index (χ0v) is 21.8. The topological polar surface area (TPSA) is 87.2 Å². The van der Waals surface area contributed by atoms with Crippen LogP contribution in [0.15, 0.2) is 54.6 Å². The van der Waals surface area contributed by atoms with Crippen molar-refractivity contribution in [3.05, 3.63) is 60.2 Å². The Kier molecular flexibility index (Phi) is 6.53. The molecule has 192 valence electrons. The molecule has 6 atom stereocenters. The summed E-state index contributed by atoms with van der Waals surface area (Å²) < 4.78 is 3.96. The third-order valence-corrected chi connectivity index (χ3v) is 9.87. The quantitative estimate of drug-likeness (QED) is 0.484. The first kappa shape index (κ1) is 25.1. The van der Waals surface area contributed by atoms with E-state index >= 15 is 0 Å². The summed E-state index contributed by atoms with van der Waals surface area (Å²) in [6, 6.07) is 8.43. The van der Waals surface area contributed by atoms with Crippen LogP contribution in [0.2, 0.25) is 0 Å². The van der Waals surface area contributed by atoms with Gasteiger partial charge in [0.2, 0.25) is 11.8 Å². The molecule has 0 bridgehead atoms. The largest absolute Gasteiger partial charge is 0.465 e. The molecule has 4 aliphatic heterocycles. The van der Waals surface area contributed by atoms with Crippen molar-refractivity contribution in [3.63, 3.8) is 0 Å². The van der Waals surface area contributed by atoms with Gasteiger partial charge < -0.3 is 19.6 Å². The predicted octanol–water partition coefficient (Wildman–Crippen LogP) is 2.79. The molecule has 36 heavy (non-hydrogen) atoms. The van der Waals surface area contributed by atoms with Crippen LogP contribution in [0.3, 0.4) is 0 Å². The number of rotatable bonds is 5. The fourth-order valence-electron chi connectivity index (χ4n) is 6.40. The van der Waals surface area contributed by atoms with Crippen molar-refractivity contribution in [3.8, 4) is 0 Å². The second-order valence-corrected chi connectivity index (χ2v) is 12.5. The lowest BCUT2D eigenvalue weighted by Crippen LogP contribution is -2.57. The Labute approximate surface area is 216 Å². The molecule has 2 fully saturated rings.